The van der Waals surface area contributed by atoms with E-state index in [2.05, 4.69) is 33.2 Å². The average Bonchev–Trinajstić information content (AvgIpc) is 2.27. The molecule has 0 spiro atoms. The van der Waals surface area contributed by atoms with Crippen molar-refractivity contribution in [1.29, 1.82) is 0 Å². The van der Waals surface area contributed by atoms with Crippen LogP contribution in [0.1, 0.15) is 23.7 Å². The zero-order chi connectivity index (χ0) is 12.0. The first kappa shape index (κ1) is 13.0. The van der Waals surface area contributed by atoms with Crippen LogP contribution in [-0.2, 0) is 0 Å². The van der Waals surface area contributed by atoms with E-state index >= 15 is 0 Å². The van der Waals surface area contributed by atoms with Crippen molar-refractivity contribution in [3.63, 3.8) is 0 Å². The molecule has 1 aromatic heterocycles. The van der Waals surface area contributed by atoms with Crippen LogP contribution in [0.3, 0.4) is 0 Å². The van der Waals surface area contributed by atoms with Crippen LogP contribution in [0.2, 0.25) is 0 Å². The Hall–Kier alpha value is -1.10. The van der Waals surface area contributed by atoms with E-state index in [1.807, 2.05) is 0 Å². The quantitative estimate of drug-likeness (QED) is 0.807. The maximum atomic E-state index is 11.6. The number of hydrogen-bond acceptors (Lipinski definition) is 2. The summed E-state index contributed by atoms with van der Waals surface area (Å²) in [5.41, 5.74) is 0.273. The highest BCUT2D eigenvalue weighted by Gasteiger charge is 2.07. The number of aromatic amines is 1. The molecule has 0 fully saturated rings. The first-order chi connectivity index (χ1) is 7.63. The highest BCUT2D eigenvalue weighted by atomic mass is 79.9. The molecular formula is C11H15BrN2O2. The first-order valence-electron chi connectivity index (χ1n) is 5.16. The Morgan fingerprint density at radius 2 is 2.31 bits per heavy atom. The van der Waals surface area contributed by atoms with Crippen molar-refractivity contribution in [2.45, 2.75) is 13.3 Å². The lowest BCUT2D eigenvalue weighted by atomic mass is 10.1. The largest absolute Gasteiger partial charge is 0.352 e. The molecule has 1 aromatic rings. The fraction of sp³-hybridized carbons (Fsp3) is 0.455. The molecule has 0 saturated carbocycles. The van der Waals surface area contributed by atoms with Gasteiger partial charge in [-0.1, -0.05) is 22.9 Å². The van der Waals surface area contributed by atoms with Crippen LogP contribution in [0.25, 0.3) is 0 Å². The maximum absolute atomic E-state index is 11.6. The van der Waals surface area contributed by atoms with Crippen LogP contribution < -0.4 is 10.9 Å². The fourth-order valence-corrected chi connectivity index (χ4v) is 1.99. The summed E-state index contributed by atoms with van der Waals surface area (Å²) >= 11 is 3.36. The lowest BCUT2D eigenvalue weighted by molar-refractivity contribution is 0.0947. The van der Waals surface area contributed by atoms with Gasteiger partial charge in [-0.3, -0.25) is 9.59 Å². The lowest BCUT2D eigenvalue weighted by Gasteiger charge is -2.10. The number of alkyl halides is 1. The van der Waals surface area contributed by atoms with Crippen LogP contribution >= 0.6 is 15.9 Å². The molecule has 0 bridgehead atoms. The van der Waals surface area contributed by atoms with Gasteiger partial charge < -0.3 is 10.3 Å². The fourth-order valence-electron chi connectivity index (χ4n) is 1.21. The zero-order valence-corrected chi connectivity index (χ0v) is 10.7. The van der Waals surface area contributed by atoms with Gasteiger partial charge in [0, 0.05) is 24.1 Å². The number of aromatic nitrogens is 1. The molecule has 1 heterocycles. The highest BCUT2D eigenvalue weighted by molar-refractivity contribution is 9.09. The second kappa shape index (κ2) is 6.48. The smallest absolute Gasteiger partial charge is 0.252 e. The molecule has 0 aromatic carbocycles. The van der Waals surface area contributed by atoms with Crippen LogP contribution in [-0.4, -0.2) is 22.8 Å². The lowest BCUT2D eigenvalue weighted by Crippen LogP contribution is -2.28. The Morgan fingerprint density at radius 1 is 1.56 bits per heavy atom. The van der Waals surface area contributed by atoms with Crippen molar-refractivity contribution in [2.24, 2.45) is 5.92 Å². The number of carbonyl (C=O) groups is 1. The Labute approximate surface area is 103 Å². The Morgan fingerprint density at radius 3 is 2.88 bits per heavy atom. The van der Waals surface area contributed by atoms with Crippen molar-refractivity contribution in [3.8, 4) is 0 Å². The maximum Gasteiger partial charge on any atom is 0.252 e. The third-order valence-electron chi connectivity index (χ3n) is 2.26. The van der Waals surface area contributed by atoms with Gasteiger partial charge in [-0.05, 0) is 18.4 Å². The molecule has 2 N–H and O–H groups in total. The van der Waals surface area contributed by atoms with Gasteiger partial charge in [0.05, 0.1) is 5.56 Å². The van der Waals surface area contributed by atoms with Gasteiger partial charge in [0.1, 0.15) is 0 Å². The summed E-state index contributed by atoms with van der Waals surface area (Å²) in [6.07, 6.45) is 2.44. The molecule has 1 unspecified atom stereocenters. The monoisotopic (exact) mass is 286 g/mol. The van der Waals surface area contributed by atoms with E-state index in [-0.39, 0.29) is 11.5 Å². The van der Waals surface area contributed by atoms with Gasteiger partial charge in [0.25, 0.3) is 5.91 Å². The number of nitrogens with one attached hydrogen (secondary N) is 2. The number of hydrogen-bond donors (Lipinski definition) is 2. The molecule has 4 nitrogen and oxygen atoms in total. The predicted molar refractivity (Wildman–Crippen MR) is 67.0 cm³/mol. The van der Waals surface area contributed by atoms with E-state index in [1.165, 1.54) is 18.3 Å². The molecule has 0 radical (unpaired) electrons. The van der Waals surface area contributed by atoms with Crippen molar-refractivity contribution >= 4 is 21.8 Å². The summed E-state index contributed by atoms with van der Waals surface area (Å²) in [6.45, 7) is 2.72. The number of pyridine rings is 1. The van der Waals surface area contributed by atoms with E-state index in [9.17, 15) is 9.59 Å². The van der Waals surface area contributed by atoms with Crippen LogP contribution in [0, 0.1) is 5.92 Å². The second-order valence-corrected chi connectivity index (χ2v) is 4.53. The Kier molecular flexibility index (Phi) is 5.25. The van der Waals surface area contributed by atoms with Gasteiger partial charge in [-0.25, -0.2) is 0 Å². The summed E-state index contributed by atoms with van der Waals surface area (Å²) in [7, 11) is 0. The summed E-state index contributed by atoms with van der Waals surface area (Å²) in [6, 6.07) is 2.86. The van der Waals surface area contributed by atoms with Crippen molar-refractivity contribution < 1.29 is 4.79 Å². The minimum Gasteiger partial charge on any atom is -0.352 e. The molecule has 5 heteroatoms. The topological polar surface area (TPSA) is 62.0 Å². The SMILES string of the molecule is CC(CCBr)CNC(=O)c1ccc(=O)[nH]c1. The van der Waals surface area contributed by atoms with Crippen molar-refractivity contribution in [3.05, 3.63) is 34.2 Å². The summed E-state index contributed by atoms with van der Waals surface area (Å²) in [5.74, 6) is 0.281. The van der Waals surface area contributed by atoms with Gasteiger partial charge >= 0.3 is 0 Å². The van der Waals surface area contributed by atoms with Gasteiger partial charge in [-0.2, -0.15) is 0 Å². The molecular weight excluding hydrogens is 272 g/mol. The molecule has 88 valence electrons. The molecule has 1 atom stereocenters. The third-order valence-corrected chi connectivity index (χ3v) is 2.72. The Balaban J connectivity index is 2.46. The zero-order valence-electron chi connectivity index (χ0n) is 9.13. The van der Waals surface area contributed by atoms with E-state index in [0.717, 1.165) is 11.8 Å². The van der Waals surface area contributed by atoms with Crippen LogP contribution in [0.5, 0.6) is 0 Å². The number of H-pyrrole nitrogens is 1. The number of carbonyl (C=O) groups excluding carboxylic acids is 1. The van der Waals surface area contributed by atoms with Gasteiger partial charge in [-0.15, -0.1) is 0 Å². The minimum atomic E-state index is -0.204. The van der Waals surface area contributed by atoms with Crippen molar-refractivity contribution in [2.75, 3.05) is 11.9 Å². The standard InChI is InChI=1S/C11H15BrN2O2/c1-8(4-5-12)6-14-11(16)9-2-3-10(15)13-7-9/h2-3,7-8H,4-6H2,1H3,(H,13,15)(H,14,16). The first-order valence-corrected chi connectivity index (χ1v) is 6.28. The number of rotatable bonds is 5. The normalized spacial score (nSPS) is 12.1. The molecule has 16 heavy (non-hydrogen) atoms. The summed E-state index contributed by atoms with van der Waals surface area (Å²) in [5, 5.41) is 3.75. The minimum absolute atomic E-state index is 0.155. The van der Waals surface area contributed by atoms with Crippen LogP contribution in [0.15, 0.2) is 23.1 Å². The molecule has 0 aliphatic rings. The second-order valence-electron chi connectivity index (χ2n) is 3.73. The van der Waals surface area contributed by atoms with Gasteiger partial charge in [0.15, 0.2) is 0 Å². The molecule has 0 aliphatic heterocycles. The summed E-state index contributed by atoms with van der Waals surface area (Å²) in [4.78, 5) is 24.9. The van der Waals surface area contributed by atoms with E-state index < -0.39 is 0 Å². The molecule has 1 amide bonds. The van der Waals surface area contributed by atoms with E-state index in [4.69, 9.17) is 0 Å². The number of halogens is 1. The van der Waals surface area contributed by atoms with E-state index in [0.29, 0.717) is 18.0 Å². The van der Waals surface area contributed by atoms with Gasteiger partial charge in [0.2, 0.25) is 5.56 Å². The molecule has 0 saturated heterocycles. The van der Waals surface area contributed by atoms with E-state index in [1.54, 1.807) is 0 Å². The Bertz CT molecular complexity index is 383. The third kappa shape index (κ3) is 4.18. The summed E-state index contributed by atoms with van der Waals surface area (Å²) < 4.78 is 0. The predicted octanol–water partition coefficient (Wildman–Crippen LogP) is 1.53. The molecule has 0 aliphatic carbocycles. The highest BCUT2D eigenvalue weighted by Crippen LogP contribution is 2.03. The average molecular weight is 287 g/mol. The number of amides is 1. The van der Waals surface area contributed by atoms with Crippen LogP contribution in [0.4, 0.5) is 0 Å². The van der Waals surface area contributed by atoms with Crippen molar-refractivity contribution in [1.82, 2.24) is 10.3 Å². The molecule has 1 rings (SSSR count).